The number of Topliss-reactive ketones (excluding diaryl/α,β-unsaturated/α-hetero) is 1. The fourth-order valence-electron chi connectivity index (χ4n) is 2.81. The predicted molar refractivity (Wildman–Crippen MR) is 93.9 cm³/mol. The van der Waals surface area contributed by atoms with Crippen LogP contribution in [0.2, 0.25) is 0 Å². The van der Waals surface area contributed by atoms with Gasteiger partial charge in [0.2, 0.25) is 15.9 Å². The van der Waals surface area contributed by atoms with Crippen molar-refractivity contribution in [3.63, 3.8) is 0 Å². The smallest absolute Gasteiger partial charge is 0.240 e. The lowest BCUT2D eigenvalue weighted by atomic mass is 10.2. The summed E-state index contributed by atoms with van der Waals surface area (Å²) in [5.74, 6) is -0.805. The second-order valence-corrected chi connectivity index (χ2v) is 7.80. The molecule has 1 saturated heterocycles. The van der Waals surface area contributed by atoms with Gasteiger partial charge in [-0.15, -0.1) is 0 Å². The highest BCUT2D eigenvalue weighted by atomic mass is 32.2. The number of ketones is 1. The molecule has 0 saturated carbocycles. The fraction of sp³-hybridized carbons (Fsp3) is 0.222. The molecule has 2 aromatic rings. The third-order valence-corrected chi connectivity index (χ3v) is 5.69. The van der Waals surface area contributed by atoms with Crippen LogP contribution in [0.15, 0.2) is 53.4 Å². The molecule has 6 nitrogen and oxygen atoms in total. The van der Waals surface area contributed by atoms with E-state index >= 15 is 0 Å². The average molecular weight is 376 g/mol. The zero-order valence-corrected chi connectivity index (χ0v) is 14.8. The molecule has 2 aromatic carbocycles. The third-order valence-electron chi connectivity index (χ3n) is 4.16. The Kier molecular flexibility index (Phi) is 4.88. The molecule has 0 unspecified atom stereocenters. The van der Waals surface area contributed by atoms with Crippen LogP contribution in [-0.2, 0) is 14.8 Å². The molecule has 0 aromatic heterocycles. The van der Waals surface area contributed by atoms with E-state index in [1.807, 2.05) is 0 Å². The number of nitrogens with zero attached hydrogens (tertiary/aromatic N) is 1. The van der Waals surface area contributed by atoms with Crippen LogP contribution in [0.1, 0.15) is 23.7 Å². The zero-order chi connectivity index (χ0) is 18.9. The first kappa shape index (κ1) is 18.2. The van der Waals surface area contributed by atoms with Crippen LogP contribution < -0.4 is 9.62 Å². The van der Waals surface area contributed by atoms with Crippen LogP contribution in [0.25, 0.3) is 0 Å². The van der Waals surface area contributed by atoms with Gasteiger partial charge in [-0.05, 0) is 43.3 Å². The summed E-state index contributed by atoms with van der Waals surface area (Å²) < 4.78 is 40.5. The van der Waals surface area contributed by atoms with Gasteiger partial charge in [-0.1, -0.05) is 12.1 Å². The summed E-state index contributed by atoms with van der Waals surface area (Å²) in [5, 5.41) is 0. The second-order valence-electron chi connectivity index (χ2n) is 6.08. The van der Waals surface area contributed by atoms with Gasteiger partial charge in [0.25, 0.3) is 0 Å². The first-order chi connectivity index (χ1) is 12.3. The standard InChI is InChI=1S/C18H17FN2O4S/c1-12(22)13-2-8-17(9-3-13)26(24,25)20-15-10-18(23)21(11-15)16-6-4-14(19)5-7-16/h2-9,15,20H,10-11H2,1H3/t15-/m1/s1. The van der Waals surface area contributed by atoms with Crippen molar-refractivity contribution in [3.05, 3.63) is 59.9 Å². The van der Waals surface area contributed by atoms with E-state index in [-0.39, 0.29) is 29.6 Å². The summed E-state index contributed by atoms with van der Waals surface area (Å²) in [7, 11) is -3.82. The average Bonchev–Trinajstić information content (AvgIpc) is 2.95. The highest BCUT2D eigenvalue weighted by molar-refractivity contribution is 7.89. The number of benzene rings is 2. The van der Waals surface area contributed by atoms with Crippen LogP contribution in [0.5, 0.6) is 0 Å². The molecule has 8 heteroatoms. The molecule has 1 fully saturated rings. The molecule has 1 atom stereocenters. The molecule has 1 amide bonds. The lowest BCUT2D eigenvalue weighted by Gasteiger charge is -2.17. The maximum Gasteiger partial charge on any atom is 0.240 e. The van der Waals surface area contributed by atoms with Gasteiger partial charge in [-0.3, -0.25) is 9.59 Å². The molecule has 0 radical (unpaired) electrons. The summed E-state index contributed by atoms with van der Waals surface area (Å²) >= 11 is 0. The van der Waals surface area contributed by atoms with Crippen molar-refractivity contribution in [2.75, 3.05) is 11.4 Å². The van der Waals surface area contributed by atoms with Gasteiger partial charge in [0.05, 0.1) is 4.90 Å². The van der Waals surface area contributed by atoms with Crippen LogP contribution in [0.3, 0.4) is 0 Å². The Balaban J connectivity index is 1.73. The molecule has 1 aliphatic rings. The summed E-state index contributed by atoms with van der Waals surface area (Å²) in [6.45, 7) is 1.56. The fourth-order valence-corrected chi connectivity index (χ4v) is 4.04. The van der Waals surface area contributed by atoms with E-state index in [1.54, 1.807) is 0 Å². The first-order valence-electron chi connectivity index (χ1n) is 7.95. The lowest BCUT2D eigenvalue weighted by molar-refractivity contribution is -0.117. The number of hydrogen-bond acceptors (Lipinski definition) is 4. The minimum Gasteiger partial charge on any atom is -0.311 e. The highest BCUT2D eigenvalue weighted by Gasteiger charge is 2.33. The van der Waals surface area contributed by atoms with Crippen LogP contribution in [-0.4, -0.2) is 32.7 Å². The van der Waals surface area contributed by atoms with Gasteiger partial charge in [0.1, 0.15) is 5.82 Å². The molecule has 26 heavy (non-hydrogen) atoms. The number of amides is 1. The monoisotopic (exact) mass is 376 g/mol. The summed E-state index contributed by atoms with van der Waals surface area (Å²) in [6, 6.07) is 10.5. The van der Waals surface area contributed by atoms with Crippen molar-refractivity contribution < 1.29 is 22.4 Å². The van der Waals surface area contributed by atoms with E-state index in [4.69, 9.17) is 0 Å². The molecule has 1 aliphatic heterocycles. The number of nitrogens with one attached hydrogen (secondary N) is 1. The van der Waals surface area contributed by atoms with E-state index in [9.17, 15) is 22.4 Å². The quantitative estimate of drug-likeness (QED) is 0.810. The van der Waals surface area contributed by atoms with E-state index < -0.39 is 21.9 Å². The molecule has 1 N–H and O–H groups in total. The number of rotatable bonds is 5. The Morgan fingerprint density at radius 1 is 1.12 bits per heavy atom. The zero-order valence-electron chi connectivity index (χ0n) is 14.0. The Morgan fingerprint density at radius 2 is 1.73 bits per heavy atom. The van der Waals surface area contributed by atoms with Crippen molar-refractivity contribution in [1.29, 1.82) is 0 Å². The van der Waals surface area contributed by atoms with E-state index in [0.717, 1.165) is 0 Å². The van der Waals surface area contributed by atoms with Crippen molar-refractivity contribution >= 4 is 27.4 Å². The number of carbonyl (C=O) groups is 2. The number of hydrogen-bond donors (Lipinski definition) is 1. The van der Waals surface area contributed by atoms with Crippen molar-refractivity contribution in [2.45, 2.75) is 24.3 Å². The Hall–Kier alpha value is -2.58. The first-order valence-corrected chi connectivity index (χ1v) is 9.44. The van der Waals surface area contributed by atoms with Crippen molar-refractivity contribution in [1.82, 2.24) is 4.72 Å². The molecule has 3 rings (SSSR count). The summed E-state index contributed by atoms with van der Waals surface area (Å²) in [5.41, 5.74) is 0.936. The minimum absolute atomic E-state index is 0.0160. The van der Waals surface area contributed by atoms with Gasteiger partial charge >= 0.3 is 0 Å². The van der Waals surface area contributed by atoms with Gasteiger partial charge in [0, 0.05) is 30.3 Å². The topological polar surface area (TPSA) is 83.5 Å². The Labute approximate surface area is 150 Å². The number of halogens is 1. The van der Waals surface area contributed by atoms with Gasteiger partial charge in [-0.25, -0.2) is 17.5 Å². The van der Waals surface area contributed by atoms with Crippen molar-refractivity contribution in [3.8, 4) is 0 Å². The van der Waals surface area contributed by atoms with Crippen LogP contribution >= 0.6 is 0 Å². The van der Waals surface area contributed by atoms with Crippen LogP contribution in [0, 0.1) is 5.82 Å². The van der Waals surface area contributed by atoms with Gasteiger partial charge in [-0.2, -0.15) is 0 Å². The van der Waals surface area contributed by atoms with Gasteiger partial charge in [0.15, 0.2) is 5.78 Å². The van der Waals surface area contributed by atoms with E-state index in [0.29, 0.717) is 11.3 Å². The summed E-state index contributed by atoms with van der Waals surface area (Å²) in [6.07, 6.45) is 0.0160. The van der Waals surface area contributed by atoms with Gasteiger partial charge < -0.3 is 4.90 Å². The van der Waals surface area contributed by atoms with Crippen LogP contribution in [0.4, 0.5) is 10.1 Å². The minimum atomic E-state index is -3.82. The molecule has 1 heterocycles. The molecule has 0 bridgehead atoms. The molecule has 0 aliphatic carbocycles. The molecular formula is C18H17FN2O4S. The lowest BCUT2D eigenvalue weighted by Crippen LogP contribution is -2.37. The normalized spacial score (nSPS) is 17.5. The maximum atomic E-state index is 13.0. The SMILES string of the molecule is CC(=O)c1ccc(S(=O)(=O)N[C@@H]2CC(=O)N(c3ccc(F)cc3)C2)cc1. The largest absolute Gasteiger partial charge is 0.311 e. The Bertz CT molecular complexity index is 940. The summed E-state index contributed by atoms with van der Waals surface area (Å²) in [4.78, 5) is 24.9. The van der Waals surface area contributed by atoms with E-state index in [1.165, 1.54) is 60.4 Å². The number of carbonyl (C=O) groups excluding carboxylic acids is 2. The molecule has 0 spiro atoms. The predicted octanol–water partition coefficient (Wildman–Crippen LogP) is 2.11. The van der Waals surface area contributed by atoms with E-state index in [2.05, 4.69) is 4.72 Å². The highest BCUT2D eigenvalue weighted by Crippen LogP contribution is 2.23. The molecular weight excluding hydrogens is 359 g/mol. The number of sulfonamides is 1. The Morgan fingerprint density at radius 3 is 2.31 bits per heavy atom. The second kappa shape index (κ2) is 6.97. The number of anilines is 1. The maximum absolute atomic E-state index is 13.0. The van der Waals surface area contributed by atoms with Crippen molar-refractivity contribution in [2.24, 2.45) is 0 Å². The third kappa shape index (κ3) is 3.81. The molecule has 136 valence electrons.